The van der Waals surface area contributed by atoms with Crippen LogP contribution in [0.2, 0.25) is 0 Å². The minimum absolute atomic E-state index is 0.904. The lowest BCUT2D eigenvalue weighted by Gasteiger charge is -2.15. The highest BCUT2D eigenvalue weighted by Crippen LogP contribution is 2.20. The van der Waals surface area contributed by atoms with Crippen LogP contribution in [-0.2, 0) is 0 Å². The van der Waals surface area contributed by atoms with Crippen molar-refractivity contribution in [3.63, 3.8) is 0 Å². The summed E-state index contributed by atoms with van der Waals surface area (Å²) in [6.45, 7) is 8.17. The Morgan fingerprint density at radius 1 is 1.19 bits per heavy atom. The van der Waals surface area contributed by atoms with Crippen LogP contribution in [-0.4, -0.2) is 14.1 Å². The van der Waals surface area contributed by atoms with Crippen LogP contribution in [0, 0.1) is 18.8 Å². The summed E-state index contributed by atoms with van der Waals surface area (Å²) in [7, 11) is 4.10. The molecule has 1 aromatic carbocycles. The third kappa shape index (κ3) is 3.98. The van der Waals surface area contributed by atoms with Crippen molar-refractivity contribution in [3.8, 4) is 11.8 Å². The number of hydrogen-bond donors (Lipinski definition) is 0. The molecule has 0 heterocycles. The lowest BCUT2D eigenvalue weighted by atomic mass is 10.1. The predicted molar refractivity (Wildman–Crippen MR) is 74.0 cm³/mol. The topological polar surface area (TPSA) is 3.24 Å². The molecule has 0 aliphatic rings. The summed E-state index contributed by atoms with van der Waals surface area (Å²) in [5, 5.41) is 0. The molecule has 0 aliphatic heterocycles. The summed E-state index contributed by atoms with van der Waals surface area (Å²) in [5.41, 5.74) is 3.60. The number of anilines is 1. The molecule has 0 aliphatic carbocycles. The van der Waals surface area contributed by atoms with E-state index in [9.17, 15) is 0 Å². The van der Waals surface area contributed by atoms with Crippen molar-refractivity contribution in [2.45, 2.75) is 34.1 Å². The second kappa shape index (κ2) is 7.82. The molecule has 1 heteroatoms. The van der Waals surface area contributed by atoms with Crippen molar-refractivity contribution >= 4 is 5.69 Å². The summed E-state index contributed by atoms with van der Waals surface area (Å²) >= 11 is 0. The van der Waals surface area contributed by atoms with Gasteiger partial charge in [0.2, 0.25) is 0 Å². The molecule has 0 aromatic heterocycles. The van der Waals surface area contributed by atoms with E-state index < -0.39 is 0 Å². The molecule has 1 rings (SSSR count). The van der Waals surface area contributed by atoms with Gasteiger partial charge in [0.05, 0.1) is 11.3 Å². The normalized spacial score (nSPS) is 8.38. The van der Waals surface area contributed by atoms with Gasteiger partial charge in [-0.2, -0.15) is 0 Å². The van der Waals surface area contributed by atoms with Crippen molar-refractivity contribution in [1.29, 1.82) is 0 Å². The SMILES string of the molecule is CC.CCC#Cc1c(C)cccc1N(C)C. The molecule has 0 fully saturated rings. The minimum atomic E-state index is 0.904. The van der Waals surface area contributed by atoms with Crippen molar-refractivity contribution in [3.05, 3.63) is 29.3 Å². The fraction of sp³-hybridized carbons (Fsp3) is 0.467. The minimum Gasteiger partial charge on any atom is -0.377 e. The first-order valence-corrected chi connectivity index (χ1v) is 5.92. The van der Waals surface area contributed by atoms with Crippen LogP contribution >= 0.6 is 0 Å². The van der Waals surface area contributed by atoms with E-state index in [1.165, 1.54) is 11.3 Å². The lowest BCUT2D eigenvalue weighted by molar-refractivity contribution is 1.12. The van der Waals surface area contributed by atoms with Gasteiger partial charge in [0.25, 0.3) is 0 Å². The van der Waals surface area contributed by atoms with E-state index in [0.717, 1.165) is 12.0 Å². The molecule has 0 bridgehead atoms. The molecule has 0 saturated carbocycles. The van der Waals surface area contributed by atoms with E-state index in [4.69, 9.17) is 0 Å². The smallest absolute Gasteiger partial charge is 0.0522 e. The molecule has 16 heavy (non-hydrogen) atoms. The molecular formula is C15H23N. The summed E-state index contributed by atoms with van der Waals surface area (Å²) < 4.78 is 0. The second-order valence-corrected chi connectivity index (χ2v) is 3.52. The van der Waals surface area contributed by atoms with E-state index in [1.807, 2.05) is 27.9 Å². The molecule has 0 unspecified atom stereocenters. The highest BCUT2D eigenvalue weighted by molar-refractivity contribution is 5.63. The third-order valence-corrected chi connectivity index (χ3v) is 2.12. The highest BCUT2D eigenvalue weighted by Gasteiger charge is 2.03. The standard InChI is InChI=1S/C13H17N.C2H6/c1-5-6-9-12-11(2)8-7-10-13(12)14(3)4;1-2/h7-8,10H,5H2,1-4H3;1-2H3. The summed E-state index contributed by atoms with van der Waals surface area (Å²) in [5.74, 6) is 6.34. The zero-order valence-corrected chi connectivity index (χ0v) is 11.4. The Balaban J connectivity index is 0.00000106. The van der Waals surface area contributed by atoms with Crippen LogP contribution in [0.25, 0.3) is 0 Å². The predicted octanol–water partition coefficient (Wildman–Crippen LogP) is 3.85. The number of nitrogens with zero attached hydrogens (tertiary/aromatic N) is 1. The molecular weight excluding hydrogens is 194 g/mol. The fourth-order valence-corrected chi connectivity index (χ4v) is 1.36. The summed E-state index contributed by atoms with van der Waals surface area (Å²) in [6.07, 6.45) is 0.904. The fourth-order valence-electron chi connectivity index (χ4n) is 1.36. The number of aryl methyl sites for hydroxylation is 1. The van der Waals surface area contributed by atoms with E-state index in [0.29, 0.717) is 0 Å². The molecule has 0 atom stereocenters. The first-order valence-electron chi connectivity index (χ1n) is 5.92. The maximum absolute atomic E-state index is 3.22. The second-order valence-electron chi connectivity index (χ2n) is 3.52. The first kappa shape index (κ1) is 14.6. The van der Waals surface area contributed by atoms with E-state index in [-0.39, 0.29) is 0 Å². The van der Waals surface area contributed by atoms with Gasteiger partial charge in [-0.1, -0.05) is 44.7 Å². The molecule has 1 nitrogen and oxygen atoms in total. The zero-order valence-electron chi connectivity index (χ0n) is 11.4. The lowest BCUT2D eigenvalue weighted by Crippen LogP contribution is -2.10. The molecule has 0 spiro atoms. The quantitative estimate of drug-likeness (QED) is 0.646. The largest absolute Gasteiger partial charge is 0.377 e. The molecule has 1 aromatic rings. The van der Waals surface area contributed by atoms with Crippen LogP contribution in [0.1, 0.15) is 38.3 Å². The molecule has 0 saturated heterocycles. The van der Waals surface area contributed by atoms with E-state index in [1.54, 1.807) is 0 Å². The van der Waals surface area contributed by atoms with Gasteiger partial charge in [-0.3, -0.25) is 0 Å². The van der Waals surface area contributed by atoms with Gasteiger partial charge in [0, 0.05) is 20.5 Å². The number of rotatable bonds is 1. The Bertz CT molecular complexity index is 367. The van der Waals surface area contributed by atoms with Crippen LogP contribution < -0.4 is 4.90 Å². The Morgan fingerprint density at radius 3 is 2.31 bits per heavy atom. The van der Waals surface area contributed by atoms with Gasteiger partial charge in [0.1, 0.15) is 0 Å². The van der Waals surface area contributed by atoms with Crippen LogP contribution in [0.5, 0.6) is 0 Å². The maximum Gasteiger partial charge on any atom is 0.0522 e. The van der Waals surface area contributed by atoms with Gasteiger partial charge in [-0.05, 0) is 18.6 Å². The molecule has 0 radical (unpaired) electrons. The van der Waals surface area contributed by atoms with Crippen molar-refractivity contribution in [1.82, 2.24) is 0 Å². The Kier molecular flexibility index (Phi) is 7.12. The number of hydrogen-bond acceptors (Lipinski definition) is 1. The Morgan fingerprint density at radius 2 is 1.81 bits per heavy atom. The van der Waals surface area contributed by atoms with E-state index >= 15 is 0 Å². The molecule has 88 valence electrons. The molecule has 0 amide bonds. The molecule has 0 N–H and O–H groups in total. The monoisotopic (exact) mass is 217 g/mol. The van der Waals surface area contributed by atoms with Crippen LogP contribution in [0.15, 0.2) is 18.2 Å². The Labute approximate surface area is 100 Å². The first-order chi connectivity index (χ1) is 7.66. The van der Waals surface area contributed by atoms with Gasteiger partial charge < -0.3 is 4.90 Å². The number of benzene rings is 1. The highest BCUT2D eigenvalue weighted by atomic mass is 15.1. The van der Waals surface area contributed by atoms with Gasteiger partial charge >= 0.3 is 0 Å². The summed E-state index contributed by atoms with van der Waals surface area (Å²) in [4.78, 5) is 2.10. The average molecular weight is 217 g/mol. The Hall–Kier alpha value is -1.42. The maximum atomic E-state index is 3.22. The van der Waals surface area contributed by atoms with Gasteiger partial charge in [-0.25, -0.2) is 0 Å². The van der Waals surface area contributed by atoms with E-state index in [2.05, 4.69) is 48.8 Å². The van der Waals surface area contributed by atoms with Gasteiger partial charge in [-0.15, -0.1) is 0 Å². The van der Waals surface area contributed by atoms with Crippen LogP contribution in [0.4, 0.5) is 5.69 Å². The van der Waals surface area contributed by atoms with Crippen molar-refractivity contribution in [2.75, 3.05) is 19.0 Å². The van der Waals surface area contributed by atoms with Gasteiger partial charge in [0.15, 0.2) is 0 Å². The van der Waals surface area contributed by atoms with Crippen LogP contribution in [0.3, 0.4) is 0 Å². The summed E-state index contributed by atoms with van der Waals surface area (Å²) in [6, 6.07) is 6.28. The van der Waals surface area contributed by atoms with Crippen molar-refractivity contribution < 1.29 is 0 Å². The third-order valence-electron chi connectivity index (χ3n) is 2.12. The zero-order chi connectivity index (χ0) is 12.6. The van der Waals surface area contributed by atoms with Crippen molar-refractivity contribution in [2.24, 2.45) is 0 Å². The average Bonchev–Trinajstić information content (AvgIpc) is 2.29.